The van der Waals surface area contributed by atoms with Crippen molar-refractivity contribution < 1.29 is 9.05 Å². The number of hydrogen-bond acceptors (Lipinski definition) is 3. The van der Waals surface area contributed by atoms with Gasteiger partial charge in [-0.05, 0) is 37.3 Å². The molecule has 0 aliphatic heterocycles. The third kappa shape index (κ3) is 5.19. The number of benzene rings is 1. The molecule has 1 aromatic rings. The molecule has 1 unspecified atom stereocenters. The average Bonchev–Trinajstić information content (AvgIpc) is 2.40. The average molecular weight is 286 g/mol. The van der Waals surface area contributed by atoms with Gasteiger partial charge in [-0.15, -0.1) is 0 Å². The van der Waals surface area contributed by atoms with Crippen molar-refractivity contribution >= 4 is 23.6 Å². The summed E-state index contributed by atoms with van der Waals surface area (Å²) < 4.78 is 11.6. The quantitative estimate of drug-likeness (QED) is 0.499. The normalized spacial score (nSPS) is 14.3. The van der Waals surface area contributed by atoms with E-state index >= 15 is 0 Å². The molecule has 0 spiro atoms. The fraction of sp³-hybridized carbons (Fsp3) is 0.571. The van der Waals surface area contributed by atoms with Crippen molar-refractivity contribution in [2.45, 2.75) is 39.5 Å². The molecule has 102 valence electrons. The molecule has 1 rings (SSSR count). The zero-order chi connectivity index (χ0) is 13.3. The minimum absolute atomic E-state index is 0.598. The molecule has 0 fully saturated rings. The third-order valence-electron chi connectivity index (χ3n) is 2.63. The summed E-state index contributed by atoms with van der Waals surface area (Å²) in [5.74, 6) is 0. The van der Waals surface area contributed by atoms with Crippen LogP contribution >= 0.6 is 6.49 Å². The molecule has 4 heteroatoms. The Morgan fingerprint density at radius 3 is 2.33 bits per heavy atom. The van der Waals surface area contributed by atoms with Gasteiger partial charge in [0.15, 0.2) is 0 Å². The van der Waals surface area contributed by atoms with Crippen LogP contribution in [0.1, 0.15) is 39.5 Å². The predicted octanol–water partition coefficient (Wildman–Crippen LogP) is 4.25. The predicted molar refractivity (Wildman–Crippen MR) is 82.1 cm³/mol. The van der Waals surface area contributed by atoms with Gasteiger partial charge in [-0.25, -0.2) is 0 Å². The fourth-order valence-electron chi connectivity index (χ4n) is 1.68. The Kier molecular flexibility index (Phi) is 7.76. The van der Waals surface area contributed by atoms with Crippen LogP contribution in [-0.2, 0) is 20.9 Å². The molecule has 2 nitrogen and oxygen atoms in total. The van der Waals surface area contributed by atoms with Crippen LogP contribution in [0.2, 0.25) is 0 Å². The molecule has 0 saturated heterocycles. The molecule has 0 aliphatic rings. The van der Waals surface area contributed by atoms with Crippen molar-refractivity contribution in [1.29, 1.82) is 0 Å². The van der Waals surface area contributed by atoms with Crippen molar-refractivity contribution in [1.82, 2.24) is 0 Å². The van der Waals surface area contributed by atoms with E-state index in [1.807, 2.05) is 37.3 Å². The fourth-order valence-corrected chi connectivity index (χ4v) is 4.20. The van der Waals surface area contributed by atoms with Gasteiger partial charge in [0.1, 0.15) is 0 Å². The molecule has 0 saturated carbocycles. The molecular weight excluding hydrogens is 263 g/mol. The zero-order valence-corrected chi connectivity index (χ0v) is 13.0. The van der Waals surface area contributed by atoms with E-state index in [2.05, 4.69) is 6.92 Å². The lowest BCUT2D eigenvalue weighted by atomic mass is 10.2. The topological polar surface area (TPSA) is 18.5 Å². The molecule has 0 N–H and O–H groups in total. The Bertz CT molecular complexity index is 367. The van der Waals surface area contributed by atoms with Crippen LogP contribution in [0.4, 0.5) is 0 Å². The van der Waals surface area contributed by atoms with E-state index in [0.29, 0.717) is 13.2 Å². The summed E-state index contributed by atoms with van der Waals surface area (Å²) in [5, 5.41) is 1.01. The molecule has 1 aromatic carbocycles. The Hall–Kier alpha value is -0.210. The lowest BCUT2D eigenvalue weighted by Crippen LogP contribution is -2.10. The molecule has 18 heavy (non-hydrogen) atoms. The summed E-state index contributed by atoms with van der Waals surface area (Å²) in [4.78, 5) is 0. The first kappa shape index (κ1) is 15.8. The van der Waals surface area contributed by atoms with E-state index in [-0.39, 0.29) is 0 Å². The van der Waals surface area contributed by atoms with Gasteiger partial charge in [0, 0.05) is 5.30 Å². The lowest BCUT2D eigenvalue weighted by molar-refractivity contribution is 0.258. The van der Waals surface area contributed by atoms with Gasteiger partial charge < -0.3 is 9.05 Å². The van der Waals surface area contributed by atoms with E-state index in [4.69, 9.17) is 20.9 Å². The first-order valence-electron chi connectivity index (χ1n) is 6.67. The number of rotatable bonds is 9. The van der Waals surface area contributed by atoms with Crippen LogP contribution in [0.15, 0.2) is 30.3 Å². The second kappa shape index (κ2) is 8.82. The van der Waals surface area contributed by atoms with Crippen molar-refractivity contribution in [3.8, 4) is 0 Å². The Morgan fingerprint density at radius 1 is 1.00 bits per heavy atom. The highest BCUT2D eigenvalue weighted by Gasteiger charge is 2.20. The molecule has 0 amide bonds. The molecular formula is C14H23O2PS. The second-order valence-electron chi connectivity index (χ2n) is 4.14. The van der Waals surface area contributed by atoms with Crippen LogP contribution in [0.5, 0.6) is 0 Å². The van der Waals surface area contributed by atoms with E-state index in [1.54, 1.807) is 0 Å². The van der Waals surface area contributed by atoms with Crippen LogP contribution in [0.3, 0.4) is 0 Å². The molecule has 0 bridgehead atoms. The summed E-state index contributed by atoms with van der Waals surface area (Å²) in [7, 11) is 0. The maximum Gasteiger partial charge on any atom is 0.219 e. The van der Waals surface area contributed by atoms with Gasteiger partial charge in [0.05, 0.1) is 13.2 Å². The van der Waals surface area contributed by atoms with E-state index < -0.39 is 6.49 Å². The summed E-state index contributed by atoms with van der Waals surface area (Å²) in [5.41, 5.74) is 0. The Morgan fingerprint density at radius 2 is 1.72 bits per heavy atom. The van der Waals surface area contributed by atoms with E-state index in [9.17, 15) is 0 Å². The van der Waals surface area contributed by atoms with Crippen molar-refractivity contribution in [3.63, 3.8) is 0 Å². The summed E-state index contributed by atoms with van der Waals surface area (Å²) in [6.07, 6.45) is 4.75. The van der Waals surface area contributed by atoms with Gasteiger partial charge in [-0.1, -0.05) is 44.4 Å². The Balaban J connectivity index is 2.56. The van der Waals surface area contributed by atoms with Gasteiger partial charge in [-0.3, -0.25) is 0 Å². The van der Waals surface area contributed by atoms with Crippen LogP contribution in [0, 0.1) is 0 Å². The SMILES string of the molecule is CCCCCCOP(=S)(OCC)c1ccccc1. The molecule has 0 aliphatic carbocycles. The third-order valence-corrected chi connectivity index (χ3v) is 5.95. The smallest absolute Gasteiger partial charge is 0.219 e. The highest BCUT2D eigenvalue weighted by atomic mass is 32.5. The largest absolute Gasteiger partial charge is 0.326 e. The minimum Gasteiger partial charge on any atom is -0.326 e. The van der Waals surface area contributed by atoms with Crippen LogP contribution in [0.25, 0.3) is 0 Å². The second-order valence-corrected chi connectivity index (χ2v) is 7.61. The van der Waals surface area contributed by atoms with Crippen molar-refractivity contribution in [3.05, 3.63) is 30.3 Å². The maximum atomic E-state index is 5.91. The van der Waals surface area contributed by atoms with E-state index in [0.717, 1.165) is 11.7 Å². The first-order valence-corrected chi connectivity index (χ1v) is 9.31. The van der Waals surface area contributed by atoms with Gasteiger partial charge in [-0.2, -0.15) is 0 Å². The summed E-state index contributed by atoms with van der Waals surface area (Å²) in [6, 6.07) is 9.95. The van der Waals surface area contributed by atoms with Crippen molar-refractivity contribution in [2.24, 2.45) is 0 Å². The zero-order valence-electron chi connectivity index (χ0n) is 11.3. The number of hydrogen-bond donors (Lipinski definition) is 0. The van der Waals surface area contributed by atoms with Gasteiger partial charge >= 0.3 is 0 Å². The van der Waals surface area contributed by atoms with E-state index in [1.165, 1.54) is 19.3 Å². The molecule has 1 atom stereocenters. The number of unbranched alkanes of at least 4 members (excludes halogenated alkanes) is 3. The molecule has 0 radical (unpaired) electrons. The minimum atomic E-state index is -2.29. The van der Waals surface area contributed by atoms with Crippen LogP contribution in [-0.4, -0.2) is 13.2 Å². The summed E-state index contributed by atoms with van der Waals surface area (Å²) >= 11 is 5.61. The highest BCUT2D eigenvalue weighted by molar-refractivity contribution is 8.13. The molecule has 0 aromatic heterocycles. The van der Waals surface area contributed by atoms with Crippen molar-refractivity contribution in [2.75, 3.05) is 13.2 Å². The monoisotopic (exact) mass is 286 g/mol. The van der Waals surface area contributed by atoms with Gasteiger partial charge in [0.25, 0.3) is 0 Å². The standard InChI is InChI=1S/C14H23O2PS/c1-3-5-6-10-13-16-17(18,15-4-2)14-11-8-7-9-12-14/h7-9,11-12H,3-6,10,13H2,1-2H3. The first-order chi connectivity index (χ1) is 8.73. The van der Waals surface area contributed by atoms with Gasteiger partial charge in [0.2, 0.25) is 6.49 Å². The Labute approximate surface area is 116 Å². The highest BCUT2D eigenvalue weighted by Crippen LogP contribution is 2.47. The van der Waals surface area contributed by atoms with Crippen LogP contribution < -0.4 is 5.30 Å². The lowest BCUT2D eigenvalue weighted by Gasteiger charge is -2.22. The maximum absolute atomic E-state index is 5.91. The molecule has 0 heterocycles. The summed E-state index contributed by atoms with van der Waals surface area (Å²) in [6.45, 7) is 3.18.